The fraction of sp³-hybridized carbons (Fsp3) is 0.385. The Kier molecular flexibility index (Phi) is 6.11. The van der Waals surface area contributed by atoms with Crippen LogP contribution in [-0.4, -0.2) is 29.9 Å². The molecule has 6 heteroatoms. The monoisotopic (exact) mass is 298 g/mol. The van der Waals surface area contributed by atoms with Crippen molar-refractivity contribution in [1.29, 1.82) is 0 Å². The molecule has 0 radical (unpaired) electrons. The molecule has 0 saturated heterocycles. The van der Waals surface area contributed by atoms with E-state index in [0.29, 0.717) is 4.99 Å². The molecule has 0 aliphatic rings. The fourth-order valence-electron chi connectivity index (χ4n) is 1.65. The molecule has 3 N–H and O–H groups in total. The zero-order valence-electron chi connectivity index (χ0n) is 11.2. The molecule has 104 valence electrons. The highest BCUT2D eigenvalue weighted by Crippen LogP contribution is 2.29. The Morgan fingerprint density at radius 2 is 2.26 bits per heavy atom. The van der Waals surface area contributed by atoms with Crippen molar-refractivity contribution in [2.45, 2.75) is 24.8 Å². The molecule has 4 nitrogen and oxygen atoms in total. The van der Waals surface area contributed by atoms with Gasteiger partial charge < -0.3 is 15.8 Å². The number of nitrogens with one attached hydrogen (secondary N) is 1. The van der Waals surface area contributed by atoms with Gasteiger partial charge in [0.05, 0.1) is 7.11 Å². The fourth-order valence-corrected chi connectivity index (χ4v) is 2.78. The van der Waals surface area contributed by atoms with Crippen molar-refractivity contribution in [3.63, 3.8) is 0 Å². The quantitative estimate of drug-likeness (QED) is 0.478. The van der Waals surface area contributed by atoms with Gasteiger partial charge >= 0.3 is 5.97 Å². The Hall–Kier alpha value is -1.27. The second-order valence-corrected chi connectivity index (χ2v) is 5.61. The first-order valence-electron chi connectivity index (χ1n) is 5.91. The molecule has 0 fully saturated rings. The molecule has 0 bridgehead atoms. The first-order chi connectivity index (χ1) is 9.01. The minimum atomic E-state index is -0.458. The van der Waals surface area contributed by atoms with E-state index in [0.717, 1.165) is 21.9 Å². The number of esters is 1. The Bertz CT molecular complexity index is 478. The average molecular weight is 298 g/mol. The third kappa shape index (κ3) is 4.11. The summed E-state index contributed by atoms with van der Waals surface area (Å²) in [7, 11) is 1.36. The topological polar surface area (TPSA) is 64.3 Å². The van der Waals surface area contributed by atoms with Crippen LogP contribution in [0.1, 0.15) is 19.4 Å². The van der Waals surface area contributed by atoms with Gasteiger partial charge in [0.1, 0.15) is 11.0 Å². The highest BCUT2D eigenvalue weighted by molar-refractivity contribution is 7.99. The molecule has 1 aromatic rings. The van der Waals surface area contributed by atoms with Crippen LogP contribution < -0.4 is 11.1 Å². The normalized spacial score (nSPS) is 11.7. The Labute approximate surface area is 123 Å². The lowest BCUT2D eigenvalue weighted by molar-refractivity contribution is -0.141. The second-order valence-electron chi connectivity index (χ2n) is 3.87. The number of hydrogen-bond acceptors (Lipinski definition) is 5. The molecule has 0 spiro atoms. The second kappa shape index (κ2) is 7.35. The van der Waals surface area contributed by atoms with Gasteiger partial charge in [-0.15, -0.1) is 11.8 Å². The summed E-state index contributed by atoms with van der Waals surface area (Å²) in [5, 5.41) is 3.09. The molecule has 19 heavy (non-hydrogen) atoms. The number of hydrogen-bond donors (Lipinski definition) is 2. The number of thiocarbonyl (C=S) groups is 1. The highest BCUT2D eigenvalue weighted by Gasteiger charge is 2.17. The largest absolute Gasteiger partial charge is 0.467 e. The van der Waals surface area contributed by atoms with Crippen molar-refractivity contribution in [3.05, 3.63) is 23.8 Å². The first-order valence-corrected chi connectivity index (χ1v) is 7.30. The van der Waals surface area contributed by atoms with Crippen LogP contribution >= 0.6 is 24.0 Å². The van der Waals surface area contributed by atoms with E-state index >= 15 is 0 Å². The van der Waals surface area contributed by atoms with Crippen molar-refractivity contribution < 1.29 is 9.53 Å². The molecule has 0 heterocycles. The molecule has 0 amide bonds. The van der Waals surface area contributed by atoms with E-state index in [4.69, 9.17) is 22.7 Å². The number of thioether (sulfide) groups is 1. The van der Waals surface area contributed by atoms with Crippen molar-refractivity contribution in [1.82, 2.24) is 0 Å². The average Bonchev–Trinajstić information content (AvgIpc) is 2.37. The Morgan fingerprint density at radius 1 is 1.58 bits per heavy atom. The molecule has 0 saturated carbocycles. The highest BCUT2D eigenvalue weighted by atomic mass is 32.2. The lowest BCUT2D eigenvalue weighted by atomic mass is 10.1. The van der Waals surface area contributed by atoms with E-state index < -0.39 is 6.04 Å². The maximum atomic E-state index is 11.5. The summed E-state index contributed by atoms with van der Waals surface area (Å²) in [6.07, 6.45) is 0. The van der Waals surface area contributed by atoms with E-state index in [1.807, 2.05) is 18.2 Å². The lowest BCUT2D eigenvalue weighted by Crippen LogP contribution is -2.28. The summed E-state index contributed by atoms with van der Waals surface area (Å²) < 4.78 is 4.69. The van der Waals surface area contributed by atoms with Gasteiger partial charge in [-0.25, -0.2) is 4.79 Å². The number of benzene rings is 1. The minimum absolute atomic E-state index is 0.316. The number of anilines is 1. The minimum Gasteiger partial charge on any atom is -0.467 e. The Morgan fingerprint density at radius 3 is 2.79 bits per heavy atom. The van der Waals surface area contributed by atoms with Crippen LogP contribution in [0.5, 0.6) is 0 Å². The number of carbonyl (C=O) groups excluding carboxylic acids is 1. The van der Waals surface area contributed by atoms with Gasteiger partial charge in [0.2, 0.25) is 0 Å². The van der Waals surface area contributed by atoms with Crippen molar-refractivity contribution in [2.24, 2.45) is 5.73 Å². The summed E-state index contributed by atoms with van der Waals surface area (Å²) in [5.41, 5.74) is 7.32. The molecule has 1 rings (SSSR count). The first kappa shape index (κ1) is 15.8. The van der Waals surface area contributed by atoms with E-state index in [1.165, 1.54) is 7.11 Å². The summed E-state index contributed by atoms with van der Waals surface area (Å²) in [5.74, 6) is 0.591. The van der Waals surface area contributed by atoms with E-state index in [-0.39, 0.29) is 5.97 Å². The summed E-state index contributed by atoms with van der Waals surface area (Å²) in [4.78, 5) is 12.8. The number of nitrogens with two attached hydrogens (primary N) is 1. The molecular formula is C13H18N2O2S2. The van der Waals surface area contributed by atoms with Crippen LogP contribution in [0.15, 0.2) is 23.1 Å². The van der Waals surface area contributed by atoms with E-state index in [9.17, 15) is 4.79 Å². The molecule has 1 unspecified atom stereocenters. The van der Waals surface area contributed by atoms with Crippen LogP contribution in [-0.2, 0) is 9.53 Å². The molecule has 1 atom stereocenters. The predicted octanol–water partition coefficient (Wildman–Crippen LogP) is 2.41. The molecule has 1 aromatic carbocycles. The van der Waals surface area contributed by atoms with Gasteiger partial charge in [-0.1, -0.05) is 25.2 Å². The number of methoxy groups -OCH3 is 1. The van der Waals surface area contributed by atoms with Crippen molar-refractivity contribution >= 4 is 40.6 Å². The van der Waals surface area contributed by atoms with E-state index in [1.54, 1.807) is 18.7 Å². The van der Waals surface area contributed by atoms with Gasteiger partial charge in [-0.2, -0.15) is 0 Å². The third-order valence-corrected chi connectivity index (χ3v) is 3.64. The van der Waals surface area contributed by atoms with Gasteiger partial charge in [0.25, 0.3) is 0 Å². The van der Waals surface area contributed by atoms with Crippen molar-refractivity contribution in [3.8, 4) is 0 Å². The summed E-state index contributed by atoms with van der Waals surface area (Å²) in [6, 6.07) is 5.27. The lowest BCUT2D eigenvalue weighted by Gasteiger charge is -2.18. The van der Waals surface area contributed by atoms with Gasteiger partial charge in [-0.05, 0) is 24.8 Å². The maximum Gasteiger partial charge on any atom is 0.327 e. The Balaban J connectivity index is 3.09. The van der Waals surface area contributed by atoms with Crippen LogP contribution in [0.25, 0.3) is 0 Å². The molecule has 0 aliphatic heterocycles. The SMILES string of the molecule is CCSc1cccc(NC(C)C(=O)OC)c1C(N)=S. The van der Waals surface area contributed by atoms with Crippen LogP contribution in [0.3, 0.4) is 0 Å². The zero-order valence-corrected chi connectivity index (χ0v) is 12.9. The number of carbonyl (C=O) groups is 1. The number of ether oxygens (including phenoxy) is 1. The van der Waals surface area contributed by atoms with Gasteiger partial charge in [-0.3, -0.25) is 0 Å². The van der Waals surface area contributed by atoms with Gasteiger partial charge in [0.15, 0.2) is 0 Å². The van der Waals surface area contributed by atoms with E-state index in [2.05, 4.69) is 12.2 Å². The molecule has 0 aromatic heterocycles. The summed E-state index contributed by atoms with van der Waals surface area (Å²) in [6.45, 7) is 3.79. The van der Waals surface area contributed by atoms with Crippen LogP contribution in [0.2, 0.25) is 0 Å². The summed E-state index contributed by atoms with van der Waals surface area (Å²) >= 11 is 6.77. The predicted molar refractivity (Wildman–Crippen MR) is 83.8 cm³/mol. The van der Waals surface area contributed by atoms with Gasteiger partial charge in [0, 0.05) is 16.1 Å². The van der Waals surface area contributed by atoms with Crippen molar-refractivity contribution in [2.75, 3.05) is 18.2 Å². The standard InChI is InChI=1S/C13H18N2O2S2/c1-4-19-10-7-5-6-9(11(10)12(14)18)15-8(2)13(16)17-3/h5-8,15H,4H2,1-3H3,(H2,14,18). The maximum absolute atomic E-state index is 11.5. The molecular weight excluding hydrogens is 280 g/mol. The zero-order chi connectivity index (χ0) is 14.4. The number of rotatable bonds is 6. The third-order valence-electron chi connectivity index (χ3n) is 2.50. The molecule has 0 aliphatic carbocycles. The smallest absolute Gasteiger partial charge is 0.327 e. The van der Waals surface area contributed by atoms with Crippen LogP contribution in [0.4, 0.5) is 5.69 Å². The van der Waals surface area contributed by atoms with Crippen LogP contribution in [0, 0.1) is 0 Å².